The van der Waals surface area contributed by atoms with Crippen molar-refractivity contribution in [1.29, 1.82) is 0 Å². The second-order valence-corrected chi connectivity index (χ2v) is 7.95. The zero-order valence-corrected chi connectivity index (χ0v) is 16.5. The minimum Gasteiger partial charge on any atom is -0.450 e. The topological polar surface area (TPSA) is 61.9 Å². The highest BCUT2D eigenvalue weighted by molar-refractivity contribution is 6.07. The molecule has 0 radical (unpaired) electrons. The van der Waals surface area contributed by atoms with Gasteiger partial charge in [0.25, 0.3) is 5.91 Å². The molecule has 3 heterocycles. The maximum absolute atomic E-state index is 12.9. The fourth-order valence-corrected chi connectivity index (χ4v) is 4.60. The van der Waals surface area contributed by atoms with Crippen LogP contribution in [0.15, 0.2) is 11.1 Å². The van der Waals surface area contributed by atoms with Crippen molar-refractivity contribution >= 4 is 11.9 Å². The number of piperidine rings is 2. The van der Waals surface area contributed by atoms with Gasteiger partial charge in [0, 0.05) is 50.6 Å². The summed E-state index contributed by atoms with van der Waals surface area (Å²) in [5, 5.41) is 3.06. The number of carbonyl (C=O) groups is 2. The number of carbonyl (C=O) groups excluding carboxylic acids is 2. The number of ether oxygens (including phenoxy) is 1. The van der Waals surface area contributed by atoms with Gasteiger partial charge in [-0.25, -0.2) is 4.79 Å². The molecule has 3 aliphatic rings. The van der Waals surface area contributed by atoms with Crippen molar-refractivity contribution in [2.75, 3.05) is 39.3 Å². The van der Waals surface area contributed by atoms with Crippen LogP contribution in [0, 0.1) is 0 Å². The van der Waals surface area contributed by atoms with Crippen molar-refractivity contribution in [3.63, 3.8) is 0 Å². The Hall–Kier alpha value is -1.40. The van der Waals surface area contributed by atoms with Gasteiger partial charge in [0.05, 0.1) is 5.57 Å². The minimum absolute atomic E-state index is 0.122. The summed E-state index contributed by atoms with van der Waals surface area (Å²) in [7, 11) is 0. The number of amides is 1. The number of esters is 1. The molecular formula is C20H33N3O3. The Kier molecular flexibility index (Phi) is 6.03. The van der Waals surface area contributed by atoms with Gasteiger partial charge in [-0.05, 0) is 39.8 Å². The molecule has 26 heavy (non-hydrogen) atoms. The Balaban J connectivity index is 1.61. The number of hydrogen-bond acceptors (Lipinski definition) is 5. The summed E-state index contributed by atoms with van der Waals surface area (Å²) in [5.41, 5.74) is 0.346. The van der Waals surface area contributed by atoms with E-state index in [1.165, 1.54) is 19.3 Å². The standard InChI is InChI=1S/C20H33N3O3/c1-4-22-12-8-20(9-13-22)17(16(3)19(25)26-20)18(24)21-10-14-23-11-6-5-7-15(23)2/h15H,4-14H2,1-3H3,(H,21,24)/t15-/m1/s1. The molecule has 0 aromatic carbocycles. The Bertz CT molecular complexity index is 579. The van der Waals surface area contributed by atoms with Crippen LogP contribution in [0.1, 0.15) is 52.9 Å². The fraction of sp³-hybridized carbons (Fsp3) is 0.800. The van der Waals surface area contributed by atoms with Crippen LogP contribution in [0.4, 0.5) is 0 Å². The van der Waals surface area contributed by atoms with Crippen LogP contribution in [-0.2, 0) is 14.3 Å². The Morgan fingerprint density at radius 3 is 2.65 bits per heavy atom. The van der Waals surface area contributed by atoms with Gasteiger partial charge in [-0.15, -0.1) is 0 Å². The van der Waals surface area contributed by atoms with Crippen molar-refractivity contribution in [3.8, 4) is 0 Å². The molecule has 3 rings (SSSR count). The molecule has 146 valence electrons. The Morgan fingerprint density at radius 1 is 1.27 bits per heavy atom. The van der Waals surface area contributed by atoms with E-state index in [1.54, 1.807) is 6.92 Å². The monoisotopic (exact) mass is 363 g/mol. The summed E-state index contributed by atoms with van der Waals surface area (Å²) >= 11 is 0. The first-order valence-corrected chi connectivity index (χ1v) is 10.2. The molecule has 2 saturated heterocycles. The van der Waals surface area contributed by atoms with E-state index in [0.717, 1.165) is 32.7 Å². The van der Waals surface area contributed by atoms with Gasteiger partial charge < -0.3 is 15.0 Å². The third kappa shape index (κ3) is 3.81. The predicted octanol–water partition coefficient (Wildman–Crippen LogP) is 1.70. The first-order chi connectivity index (χ1) is 12.5. The molecule has 0 saturated carbocycles. The lowest BCUT2D eigenvalue weighted by Crippen LogP contribution is -2.49. The van der Waals surface area contributed by atoms with Gasteiger partial charge in [-0.3, -0.25) is 9.69 Å². The highest BCUT2D eigenvalue weighted by Crippen LogP contribution is 2.40. The lowest BCUT2D eigenvalue weighted by molar-refractivity contribution is -0.150. The molecule has 0 aromatic heterocycles. The van der Waals surface area contributed by atoms with E-state index in [0.29, 0.717) is 36.6 Å². The van der Waals surface area contributed by atoms with Gasteiger partial charge in [-0.1, -0.05) is 13.3 Å². The first kappa shape index (κ1) is 19.4. The lowest BCUT2D eigenvalue weighted by atomic mass is 9.82. The van der Waals surface area contributed by atoms with Crippen LogP contribution in [0.5, 0.6) is 0 Å². The van der Waals surface area contributed by atoms with Gasteiger partial charge in [-0.2, -0.15) is 0 Å². The minimum atomic E-state index is -0.713. The summed E-state index contributed by atoms with van der Waals surface area (Å²) < 4.78 is 5.73. The summed E-state index contributed by atoms with van der Waals surface area (Å²) in [6.45, 7) is 11.4. The summed E-state index contributed by atoms with van der Waals surface area (Å²) in [6.07, 6.45) is 5.18. The van der Waals surface area contributed by atoms with Crippen LogP contribution < -0.4 is 5.32 Å². The molecular weight excluding hydrogens is 330 g/mol. The molecule has 6 nitrogen and oxygen atoms in total. The van der Waals surface area contributed by atoms with Crippen LogP contribution in [0.2, 0.25) is 0 Å². The zero-order chi connectivity index (χ0) is 18.7. The molecule has 0 aliphatic carbocycles. The van der Waals surface area contributed by atoms with Crippen molar-refractivity contribution in [2.45, 2.75) is 64.5 Å². The molecule has 1 spiro atoms. The maximum Gasteiger partial charge on any atom is 0.335 e. The zero-order valence-electron chi connectivity index (χ0n) is 16.5. The molecule has 0 bridgehead atoms. The molecule has 1 amide bonds. The van der Waals surface area contributed by atoms with Crippen LogP contribution in [0.25, 0.3) is 0 Å². The van der Waals surface area contributed by atoms with Crippen LogP contribution >= 0.6 is 0 Å². The largest absolute Gasteiger partial charge is 0.450 e. The number of nitrogens with zero attached hydrogens (tertiary/aromatic N) is 2. The average Bonchev–Trinajstić information content (AvgIpc) is 2.87. The van der Waals surface area contributed by atoms with E-state index in [4.69, 9.17) is 4.74 Å². The lowest BCUT2D eigenvalue weighted by Gasteiger charge is -2.39. The molecule has 2 fully saturated rings. The molecule has 6 heteroatoms. The summed E-state index contributed by atoms with van der Waals surface area (Å²) in [6, 6.07) is 0.586. The van der Waals surface area contributed by atoms with Gasteiger partial charge in [0.2, 0.25) is 0 Å². The highest BCUT2D eigenvalue weighted by Gasteiger charge is 2.50. The van der Waals surface area contributed by atoms with Crippen molar-refractivity contribution in [3.05, 3.63) is 11.1 Å². The average molecular weight is 364 g/mol. The van der Waals surface area contributed by atoms with E-state index in [1.807, 2.05) is 0 Å². The number of hydrogen-bond donors (Lipinski definition) is 1. The molecule has 0 unspecified atom stereocenters. The third-order valence-corrected chi connectivity index (χ3v) is 6.39. The maximum atomic E-state index is 12.9. The highest BCUT2D eigenvalue weighted by atomic mass is 16.6. The summed E-state index contributed by atoms with van der Waals surface area (Å²) in [5.74, 6) is -0.451. The normalized spacial score (nSPS) is 27.0. The van der Waals surface area contributed by atoms with Crippen molar-refractivity contribution in [1.82, 2.24) is 15.1 Å². The Labute approximate surface area is 156 Å². The summed E-state index contributed by atoms with van der Waals surface area (Å²) in [4.78, 5) is 29.9. The quantitative estimate of drug-likeness (QED) is 0.754. The number of nitrogens with one attached hydrogen (secondary N) is 1. The SMILES string of the molecule is CCN1CCC2(CC1)OC(=O)C(C)=C2C(=O)NCCN1CCCC[C@H]1C. The van der Waals surface area contributed by atoms with Crippen molar-refractivity contribution < 1.29 is 14.3 Å². The molecule has 1 atom stereocenters. The second-order valence-electron chi connectivity index (χ2n) is 7.95. The molecule has 3 aliphatic heterocycles. The van der Waals surface area contributed by atoms with Crippen LogP contribution in [0.3, 0.4) is 0 Å². The van der Waals surface area contributed by atoms with Gasteiger partial charge in [0.1, 0.15) is 5.60 Å². The van der Waals surface area contributed by atoms with Crippen LogP contribution in [-0.4, -0.2) is 72.6 Å². The predicted molar refractivity (Wildman–Crippen MR) is 101 cm³/mol. The third-order valence-electron chi connectivity index (χ3n) is 6.39. The van der Waals surface area contributed by atoms with Gasteiger partial charge >= 0.3 is 5.97 Å². The smallest absolute Gasteiger partial charge is 0.335 e. The van der Waals surface area contributed by atoms with Gasteiger partial charge in [0.15, 0.2) is 0 Å². The van der Waals surface area contributed by atoms with Crippen molar-refractivity contribution in [2.24, 2.45) is 0 Å². The fourth-order valence-electron chi connectivity index (χ4n) is 4.60. The molecule has 0 aromatic rings. The number of rotatable bonds is 5. The van der Waals surface area contributed by atoms with E-state index in [2.05, 4.69) is 29.0 Å². The Morgan fingerprint density at radius 2 is 2.00 bits per heavy atom. The van der Waals surface area contributed by atoms with E-state index in [9.17, 15) is 9.59 Å². The number of likely N-dealkylation sites (tertiary alicyclic amines) is 2. The second kappa shape index (κ2) is 8.09. The van der Waals surface area contributed by atoms with E-state index < -0.39 is 5.60 Å². The van der Waals surface area contributed by atoms with E-state index in [-0.39, 0.29) is 11.9 Å². The van der Waals surface area contributed by atoms with E-state index >= 15 is 0 Å². The molecule has 1 N–H and O–H groups in total. The first-order valence-electron chi connectivity index (χ1n) is 10.2.